The van der Waals surface area contributed by atoms with Crippen molar-refractivity contribution in [1.82, 2.24) is 9.80 Å². The zero-order valence-electron chi connectivity index (χ0n) is 14.2. The van der Waals surface area contributed by atoms with Gasteiger partial charge in [0.1, 0.15) is 0 Å². The van der Waals surface area contributed by atoms with E-state index in [4.69, 9.17) is 9.47 Å². The maximum Gasteiger partial charge on any atom is 0.253 e. The van der Waals surface area contributed by atoms with Crippen molar-refractivity contribution < 1.29 is 14.3 Å². The molecule has 0 saturated carbocycles. The van der Waals surface area contributed by atoms with Gasteiger partial charge in [0.2, 0.25) is 0 Å². The second-order valence-corrected chi connectivity index (χ2v) is 7.08. The Morgan fingerprint density at radius 1 is 0.958 bits per heavy atom. The lowest BCUT2D eigenvalue weighted by Gasteiger charge is -2.37. The quantitative estimate of drug-likeness (QED) is 0.852. The minimum absolute atomic E-state index is 0.175. The van der Waals surface area contributed by atoms with E-state index in [9.17, 15) is 4.79 Å². The summed E-state index contributed by atoms with van der Waals surface area (Å²) in [5.74, 6) is -0.128. The van der Waals surface area contributed by atoms with E-state index in [2.05, 4.69) is 17.0 Å². The number of piperidine rings is 1. The van der Waals surface area contributed by atoms with E-state index in [1.807, 2.05) is 17.0 Å². The zero-order chi connectivity index (χ0) is 16.4. The van der Waals surface area contributed by atoms with Gasteiger partial charge in [-0.1, -0.05) is 12.1 Å². The highest BCUT2D eigenvalue weighted by Gasteiger charge is 2.39. The molecule has 1 spiro atoms. The zero-order valence-corrected chi connectivity index (χ0v) is 14.2. The van der Waals surface area contributed by atoms with Crippen LogP contribution in [0.25, 0.3) is 0 Å². The third-order valence-electron chi connectivity index (χ3n) is 5.43. The summed E-state index contributed by atoms with van der Waals surface area (Å²) < 4.78 is 11.6. The number of hydrogen-bond donors (Lipinski definition) is 0. The van der Waals surface area contributed by atoms with Gasteiger partial charge in [-0.2, -0.15) is 0 Å². The van der Waals surface area contributed by atoms with Gasteiger partial charge in [-0.05, 0) is 30.5 Å². The van der Waals surface area contributed by atoms with Gasteiger partial charge in [0, 0.05) is 51.1 Å². The van der Waals surface area contributed by atoms with Crippen LogP contribution in [0.2, 0.25) is 0 Å². The summed E-state index contributed by atoms with van der Waals surface area (Å²) in [4.78, 5) is 16.8. The molecule has 24 heavy (non-hydrogen) atoms. The summed E-state index contributed by atoms with van der Waals surface area (Å²) >= 11 is 0. The molecule has 1 aromatic carbocycles. The van der Waals surface area contributed by atoms with Crippen LogP contribution in [0.1, 0.15) is 41.6 Å². The minimum Gasteiger partial charge on any atom is -0.347 e. The first-order chi connectivity index (χ1) is 11.7. The molecule has 4 rings (SSSR count). The van der Waals surface area contributed by atoms with Crippen LogP contribution in [-0.4, -0.2) is 60.9 Å². The summed E-state index contributed by atoms with van der Waals surface area (Å²) in [5.41, 5.74) is 2.07. The predicted molar refractivity (Wildman–Crippen MR) is 90.7 cm³/mol. The molecule has 5 nitrogen and oxygen atoms in total. The number of hydrogen-bond acceptors (Lipinski definition) is 4. The van der Waals surface area contributed by atoms with Gasteiger partial charge in [0.05, 0.1) is 13.2 Å². The van der Waals surface area contributed by atoms with Gasteiger partial charge < -0.3 is 14.4 Å². The highest BCUT2D eigenvalue weighted by molar-refractivity contribution is 5.94. The number of benzene rings is 1. The van der Waals surface area contributed by atoms with Crippen molar-refractivity contribution >= 4 is 5.91 Å². The topological polar surface area (TPSA) is 42.0 Å². The monoisotopic (exact) mass is 330 g/mol. The second-order valence-electron chi connectivity index (χ2n) is 7.08. The number of carbonyl (C=O) groups excluding carboxylic acids is 1. The summed E-state index contributed by atoms with van der Waals surface area (Å²) in [6.45, 7) is 6.18. The van der Waals surface area contributed by atoms with E-state index in [0.29, 0.717) is 0 Å². The fourth-order valence-corrected chi connectivity index (χ4v) is 3.95. The molecule has 0 atom stereocenters. The van der Waals surface area contributed by atoms with Gasteiger partial charge >= 0.3 is 0 Å². The van der Waals surface area contributed by atoms with Gasteiger partial charge in [-0.25, -0.2) is 0 Å². The van der Waals surface area contributed by atoms with E-state index < -0.39 is 0 Å². The lowest BCUT2D eigenvalue weighted by molar-refractivity contribution is -0.185. The molecule has 5 heteroatoms. The first-order valence-corrected chi connectivity index (χ1v) is 9.13. The maximum absolute atomic E-state index is 12.4. The molecule has 3 heterocycles. The fraction of sp³-hybridized carbons (Fsp3) is 0.632. The van der Waals surface area contributed by atoms with Crippen molar-refractivity contribution in [2.75, 3.05) is 39.4 Å². The Kier molecular flexibility index (Phi) is 4.57. The number of nitrogens with zero attached hydrogens (tertiary/aromatic N) is 2. The third-order valence-corrected chi connectivity index (χ3v) is 5.43. The highest BCUT2D eigenvalue weighted by Crippen LogP contribution is 2.31. The Hall–Kier alpha value is -1.43. The largest absolute Gasteiger partial charge is 0.347 e. The first-order valence-electron chi connectivity index (χ1n) is 9.13. The molecule has 1 amide bonds. The van der Waals surface area contributed by atoms with E-state index >= 15 is 0 Å². The third kappa shape index (κ3) is 3.34. The number of carbonyl (C=O) groups is 1. The molecule has 0 radical (unpaired) electrons. The summed E-state index contributed by atoms with van der Waals surface area (Å²) in [6.07, 6.45) is 4.15. The van der Waals surface area contributed by atoms with Crippen molar-refractivity contribution in [2.45, 2.75) is 38.0 Å². The molecule has 0 aromatic heterocycles. The van der Waals surface area contributed by atoms with Gasteiger partial charge in [-0.15, -0.1) is 0 Å². The van der Waals surface area contributed by atoms with E-state index in [0.717, 1.165) is 77.2 Å². The van der Waals surface area contributed by atoms with Crippen LogP contribution in [0, 0.1) is 0 Å². The Morgan fingerprint density at radius 3 is 2.21 bits per heavy atom. The van der Waals surface area contributed by atoms with Crippen LogP contribution in [0.5, 0.6) is 0 Å². The molecular weight excluding hydrogens is 304 g/mol. The molecule has 1 aromatic rings. The molecule has 3 saturated heterocycles. The normalized spacial score (nSPS) is 23.9. The van der Waals surface area contributed by atoms with Gasteiger partial charge in [0.25, 0.3) is 5.91 Å². The predicted octanol–water partition coefficient (Wildman–Crippen LogP) is 2.26. The molecule has 0 aliphatic carbocycles. The first kappa shape index (κ1) is 16.1. The molecular formula is C19H26N2O3. The van der Waals surface area contributed by atoms with Crippen LogP contribution in [-0.2, 0) is 16.0 Å². The van der Waals surface area contributed by atoms with Crippen molar-refractivity contribution in [2.24, 2.45) is 0 Å². The summed E-state index contributed by atoms with van der Waals surface area (Å²) in [6, 6.07) is 8.14. The molecule has 3 fully saturated rings. The van der Waals surface area contributed by atoms with E-state index in [1.165, 1.54) is 5.56 Å². The molecule has 0 bridgehead atoms. The number of amides is 1. The van der Waals surface area contributed by atoms with Crippen molar-refractivity contribution in [1.29, 1.82) is 0 Å². The van der Waals surface area contributed by atoms with Crippen LogP contribution in [0.4, 0.5) is 0 Å². The fourth-order valence-electron chi connectivity index (χ4n) is 3.95. The highest BCUT2D eigenvalue weighted by atomic mass is 16.7. The Bertz CT molecular complexity index is 565. The van der Waals surface area contributed by atoms with Crippen LogP contribution in [0.15, 0.2) is 24.3 Å². The van der Waals surface area contributed by atoms with E-state index in [1.54, 1.807) is 0 Å². The molecule has 130 valence electrons. The van der Waals surface area contributed by atoms with Crippen molar-refractivity contribution in [3.63, 3.8) is 0 Å². The standard InChI is InChI=1S/C19H26N2O3/c22-18(21-9-1-2-10-21)17-5-3-16(4-6-17)15-20-11-7-19(8-12-20)23-13-14-24-19/h3-6H,1-2,7-15H2. The van der Waals surface area contributed by atoms with Crippen LogP contribution >= 0.6 is 0 Å². The molecule has 0 unspecified atom stereocenters. The summed E-state index contributed by atoms with van der Waals surface area (Å²) in [7, 11) is 0. The van der Waals surface area contributed by atoms with Crippen molar-refractivity contribution in [3.05, 3.63) is 35.4 Å². The average Bonchev–Trinajstić information content (AvgIpc) is 3.30. The Morgan fingerprint density at radius 2 is 1.58 bits per heavy atom. The lowest BCUT2D eigenvalue weighted by Crippen LogP contribution is -2.44. The SMILES string of the molecule is O=C(c1ccc(CN2CCC3(CC2)OCCO3)cc1)N1CCCC1. The minimum atomic E-state index is -0.303. The second kappa shape index (κ2) is 6.82. The van der Waals surface area contributed by atoms with Crippen LogP contribution < -0.4 is 0 Å². The van der Waals surface area contributed by atoms with Crippen LogP contribution in [0.3, 0.4) is 0 Å². The van der Waals surface area contributed by atoms with Gasteiger partial charge in [-0.3, -0.25) is 9.69 Å². The molecule has 3 aliphatic rings. The Labute approximate surface area is 143 Å². The summed E-state index contributed by atoms with van der Waals surface area (Å²) in [5, 5.41) is 0. The average molecular weight is 330 g/mol. The van der Waals surface area contributed by atoms with Gasteiger partial charge in [0.15, 0.2) is 5.79 Å². The molecule has 0 N–H and O–H groups in total. The smallest absolute Gasteiger partial charge is 0.253 e. The lowest BCUT2D eigenvalue weighted by atomic mass is 10.0. The number of ether oxygens (including phenoxy) is 2. The Balaban J connectivity index is 1.32. The molecule has 3 aliphatic heterocycles. The maximum atomic E-state index is 12.4. The van der Waals surface area contributed by atoms with Crippen molar-refractivity contribution in [3.8, 4) is 0 Å². The number of likely N-dealkylation sites (tertiary alicyclic amines) is 2. The number of rotatable bonds is 3. The van der Waals surface area contributed by atoms with E-state index in [-0.39, 0.29) is 11.7 Å².